The average molecular weight is 497 g/mol. The lowest BCUT2D eigenvalue weighted by Crippen LogP contribution is -2.44. The topological polar surface area (TPSA) is 104 Å². The number of aromatic carboxylic acids is 1. The van der Waals surface area contributed by atoms with E-state index in [1.54, 1.807) is 4.57 Å². The zero-order chi connectivity index (χ0) is 25.5. The maximum Gasteiger partial charge on any atom is 0.341 e. The van der Waals surface area contributed by atoms with Gasteiger partial charge < -0.3 is 24.8 Å². The molecule has 0 amide bonds. The molecule has 0 bridgehead atoms. The van der Waals surface area contributed by atoms with Crippen LogP contribution in [0.2, 0.25) is 0 Å². The molecule has 2 aromatic heterocycles. The first-order chi connectivity index (χ1) is 18.0. The van der Waals surface area contributed by atoms with Crippen molar-refractivity contribution in [2.45, 2.75) is 19.3 Å². The number of carboxylic acids is 1. The molecule has 2 aliphatic rings. The maximum absolute atomic E-state index is 12.9. The highest BCUT2D eigenvalue weighted by atomic mass is 16.4. The van der Waals surface area contributed by atoms with Crippen molar-refractivity contribution >= 4 is 34.3 Å². The molecule has 188 valence electrons. The van der Waals surface area contributed by atoms with Crippen molar-refractivity contribution in [2.24, 2.45) is 0 Å². The fourth-order valence-corrected chi connectivity index (χ4v) is 5.18. The number of fused-ring (bicyclic) bond motifs is 2. The highest BCUT2D eigenvalue weighted by molar-refractivity contribution is 5.92. The summed E-state index contributed by atoms with van der Waals surface area (Å²) < 4.78 is 1.68. The Morgan fingerprint density at radius 3 is 2.46 bits per heavy atom. The monoisotopic (exact) mass is 496 g/mol. The van der Waals surface area contributed by atoms with Crippen LogP contribution in [0.5, 0.6) is 0 Å². The number of anilines is 3. The van der Waals surface area contributed by atoms with Gasteiger partial charge in [-0.05, 0) is 73.8 Å². The molecular formula is C28H28N6O3. The molecule has 4 aromatic rings. The molecule has 9 heteroatoms. The van der Waals surface area contributed by atoms with E-state index in [0.717, 1.165) is 56.8 Å². The van der Waals surface area contributed by atoms with E-state index in [2.05, 4.69) is 56.4 Å². The number of nitrogens with zero attached hydrogens (tertiary/aromatic N) is 5. The van der Waals surface area contributed by atoms with Crippen LogP contribution >= 0.6 is 0 Å². The van der Waals surface area contributed by atoms with Crippen LogP contribution in [0.25, 0.3) is 16.7 Å². The number of hydrogen-bond donors (Lipinski definition) is 2. The number of likely N-dealkylation sites (N-methyl/N-ethyl adjacent to an activating group) is 1. The van der Waals surface area contributed by atoms with Gasteiger partial charge in [-0.15, -0.1) is 0 Å². The largest absolute Gasteiger partial charge is 0.477 e. The number of hydrogen-bond acceptors (Lipinski definition) is 7. The van der Waals surface area contributed by atoms with Crippen LogP contribution in [0, 0.1) is 0 Å². The van der Waals surface area contributed by atoms with Gasteiger partial charge in [0.2, 0.25) is 11.4 Å². The minimum absolute atomic E-state index is 0.163. The second-order valence-corrected chi connectivity index (χ2v) is 9.75. The van der Waals surface area contributed by atoms with Crippen molar-refractivity contribution in [3.8, 4) is 5.69 Å². The minimum atomic E-state index is -1.27. The SMILES string of the molecule is CN1CCN(c2ccc(Nc3ncc4c(=O)c(C(=O)O)cn(-c5ccc6c(c5)CCC6)c4n3)cc2)CC1. The first-order valence-corrected chi connectivity index (χ1v) is 12.5. The fraction of sp³-hybridized carbons (Fsp3) is 0.286. The van der Waals surface area contributed by atoms with Crippen LogP contribution in [-0.4, -0.2) is 63.7 Å². The van der Waals surface area contributed by atoms with Crippen molar-refractivity contribution in [2.75, 3.05) is 43.4 Å². The van der Waals surface area contributed by atoms with Crippen LogP contribution in [0.1, 0.15) is 27.9 Å². The zero-order valence-corrected chi connectivity index (χ0v) is 20.6. The van der Waals surface area contributed by atoms with E-state index >= 15 is 0 Å². The summed E-state index contributed by atoms with van der Waals surface area (Å²) >= 11 is 0. The van der Waals surface area contributed by atoms with E-state index in [1.165, 1.54) is 29.2 Å². The molecule has 2 N–H and O–H groups in total. The lowest BCUT2D eigenvalue weighted by Gasteiger charge is -2.34. The van der Waals surface area contributed by atoms with Crippen molar-refractivity contribution in [1.29, 1.82) is 0 Å². The maximum atomic E-state index is 12.9. The molecule has 0 spiro atoms. The predicted octanol–water partition coefficient (Wildman–Crippen LogP) is 3.46. The van der Waals surface area contributed by atoms with E-state index in [4.69, 9.17) is 0 Å². The number of pyridine rings is 1. The van der Waals surface area contributed by atoms with E-state index in [1.807, 2.05) is 18.2 Å². The van der Waals surface area contributed by atoms with Gasteiger partial charge in [-0.3, -0.25) is 4.79 Å². The predicted molar refractivity (Wildman–Crippen MR) is 144 cm³/mol. The summed E-state index contributed by atoms with van der Waals surface area (Å²) in [5, 5.41) is 13.1. The van der Waals surface area contributed by atoms with Gasteiger partial charge in [-0.25, -0.2) is 9.78 Å². The summed E-state index contributed by atoms with van der Waals surface area (Å²) in [5.41, 5.74) is 4.78. The number of nitrogens with one attached hydrogen (secondary N) is 1. The summed E-state index contributed by atoms with van der Waals surface area (Å²) in [6.07, 6.45) is 5.91. The second-order valence-electron chi connectivity index (χ2n) is 9.75. The summed E-state index contributed by atoms with van der Waals surface area (Å²) in [6.45, 7) is 4.08. The van der Waals surface area contributed by atoms with Gasteiger partial charge in [0.05, 0.1) is 5.39 Å². The third-order valence-electron chi connectivity index (χ3n) is 7.33. The van der Waals surface area contributed by atoms with Crippen molar-refractivity contribution < 1.29 is 9.90 Å². The molecule has 0 atom stereocenters. The molecule has 6 rings (SSSR count). The van der Waals surface area contributed by atoms with Gasteiger partial charge in [-0.1, -0.05) is 6.07 Å². The second kappa shape index (κ2) is 9.33. The van der Waals surface area contributed by atoms with Crippen LogP contribution in [0.15, 0.2) is 59.7 Å². The van der Waals surface area contributed by atoms with E-state index in [-0.39, 0.29) is 10.9 Å². The van der Waals surface area contributed by atoms with E-state index in [9.17, 15) is 14.7 Å². The van der Waals surface area contributed by atoms with Crippen molar-refractivity contribution in [1.82, 2.24) is 19.4 Å². The summed E-state index contributed by atoms with van der Waals surface area (Å²) in [6, 6.07) is 14.2. The number of aryl methyl sites for hydroxylation is 2. The third-order valence-corrected chi connectivity index (χ3v) is 7.33. The van der Waals surface area contributed by atoms with Gasteiger partial charge in [-0.2, -0.15) is 4.98 Å². The lowest BCUT2D eigenvalue weighted by atomic mass is 10.1. The smallest absolute Gasteiger partial charge is 0.341 e. The highest BCUT2D eigenvalue weighted by Gasteiger charge is 2.19. The first-order valence-electron chi connectivity index (χ1n) is 12.5. The molecule has 1 saturated heterocycles. The number of carbonyl (C=O) groups is 1. The molecule has 9 nitrogen and oxygen atoms in total. The molecule has 2 aromatic carbocycles. The molecule has 1 aliphatic carbocycles. The van der Waals surface area contributed by atoms with Crippen LogP contribution in [0.4, 0.5) is 17.3 Å². The van der Waals surface area contributed by atoms with E-state index in [0.29, 0.717) is 11.6 Å². The Morgan fingerprint density at radius 2 is 1.70 bits per heavy atom. The lowest BCUT2D eigenvalue weighted by molar-refractivity contribution is 0.0695. The first kappa shape index (κ1) is 23.2. The van der Waals surface area contributed by atoms with Crippen LogP contribution < -0.4 is 15.6 Å². The van der Waals surface area contributed by atoms with Crippen LogP contribution in [-0.2, 0) is 12.8 Å². The van der Waals surface area contributed by atoms with Gasteiger partial charge in [0.25, 0.3) is 0 Å². The Labute approximate surface area is 214 Å². The van der Waals surface area contributed by atoms with Gasteiger partial charge in [0.1, 0.15) is 5.56 Å². The molecular weight excluding hydrogens is 468 g/mol. The molecule has 0 saturated carbocycles. The molecule has 1 aliphatic heterocycles. The van der Waals surface area contributed by atoms with Crippen LogP contribution in [0.3, 0.4) is 0 Å². The Bertz CT molecular complexity index is 1560. The molecule has 37 heavy (non-hydrogen) atoms. The van der Waals surface area contributed by atoms with Gasteiger partial charge in [0, 0.05) is 55.6 Å². The normalized spacial score (nSPS) is 15.6. The average Bonchev–Trinajstić information content (AvgIpc) is 3.38. The Hall–Kier alpha value is -4.24. The summed E-state index contributed by atoms with van der Waals surface area (Å²) in [7, 11) is 2.14. The number of rotatable bonds is 5. The molecule has 0 unspecified atom stereocenters. The summed E-state index contributed by atoms with van der Waals surface area (Å²) in [5.74, 6) is -0.943. The minimum Gasteiger partial charge on any atom is -0.477 e. The quantitative estimate of drug-likeness (QED) is 0.433. The highest BCUT2D eigenvalue weighted by Crippen LogP contribution is 2.27. The number of benzene rings is 2. The van der Waals surface area contributed by atoms with Gasteiger partial charge in [0.15, 0.2) is 5.65 Å². The van der Waals surface area contributed by atoms with E-state index < -0.39 is 11.4 Å². The molecule has 1 fully saturated rings. The van der Waals surface area contributed by atoms with Crippen molar-refractivity contribution in [3.05, 3.63) is 81.8 Å². The Kier molecular flexibility index (Phi) is 5.84. The standard InChI is InChI=1S/C28H28N6O3/c1-32-11-13-33(14-12-32)21-9-6-20(7-10-21)30-28-29-16-23-25(35)24(27(36)37)17-34(26(23)31-28)22-8-5-18-3-2-4-19(18)15-22/h5-10,15-17H,2-4,11-14H2,1H3,(H,36,37)(H,29,30,31). The molecule has 3 heterocycles. The number of aromatic nitrogens is 3. The Morgan fingerprint density at radius 1 is 0.973 bits per heavy atom. The number of piperazine rings is 1. The summed E-state index contributed by atoms with van der Waals surface area (Å²) in [4.78, 5) is 38.4. The van der Waals surface area contributed by atoms with Crippen molar-refractivity contribution in [3.63, 3.8) is 0 Å². The third kappa shape index (κ3) is 4.42. The zero-order valence-electron chi connectivity index (χ0n) is 20.6. The fourth-order valence-electron chi connectivity index (χ4n) is 5.18. The number of carboxylic acid groups (broad SMARTS) is 1. The molecule has 0 radical (unpaired) electrons. The van der Waals surface area contributed by atoms with Gasteiger partial charge >= 0.3 is 5.97 Å². The Balaban J connectivity index is 1.36.